The van der Waals surface area contributed by atoms with Crippen molar-refractivity contribution in [2.75, 3.05) is 13.1 Å². The molecule has 0 aliphatic carbocycles. The molecule has 0 bridgehead atoms. The fourth-order valence-electron chi connectivity index (χ4n) is 1.15. The van der Waals surface area contributed by atoms with Crippen molar-refractivity contribution in [3.05, 3.63) is 10.1 Å². The van der Waals surface area contributed by atoms with Gasteiger partial charge >= 0.3 is 0 Å². The van der Waals surface area contributed by atoms with Crippen LogP contribution < -0.4 is 5.73 Å². The van der Waals surface area contributed by atoms with Gasteiger partial charge in [-0.3, -0.25) is 5.41 Å². The predicted octanol–water partition coefficient (Wildman–Crippen LogP) is 1.15. The van der Waals surface area contributed by atoms with Gasteiger partial charge in [0.05, 0.1) is 0 Å². The van der Waals surface area contributed by atoms with Gasteiger partial charge in [-0.25, -0.2) is 0 Å². The van der Waals surface area contributed by atoms with Crippen LogP contribution in [0.4, 0.5) is 0 Å². The highest BCUT2D eigenvalue weighted by molar-refractivity contribution is 5.74. The Balaban J connectivity index is 0. The molecule has 4 N–H and O–H groups in total. The van der Waals surface area contributed by atoms with Gasteiger partial charge in [0.1, 0.15) is 0 Å². The van der Waals surface area contributed by atoms with Crippen molar-refractivity contribution in [2.45, 2.75) is 27.7 Å². The summed E-state index contributed by atoms with van der Waals surface area (Å²) in [5, 5.41) is 21.0. The summed E-state index contributed by atoms with van der Waals surface area (Å²) >= 11 is 0. The molecule has 0 rings (SSSR count). The van der Waals surface area contributed by atoms with E-state index in [-0.39, 0.29) is 5.96 Å². The van der Waals surface area contributed by atoms with Gasteiger partial charge in [-0.1, -0.05) is 27.7 Å². The number of hydrogen-bond acceptors (Lipinski definition) is 3. The molecule has 0 saturated heterocycles. The number of guanidine groups is 1. The SMILES string of the molecule is CC(C)CN(CC(C)C)C(=N)N.O=[N+]([O-])O. The standard InChI is InChI=1S/C9H21N3.HNO3/c1-7(2)5-12(9(10)11)6-8(3)4;2-1(3)4/h7-8H,5-6H2,1-4H3,(H3,10,11);(H,2,3,4). The largest absolute Gasteiger partial charge is 0.370 e. The lowest BCUT2D eigenvalue weighted by Crippen LogP contribution is -2.41. The molecular weight excluding hydrogens is 212 g/mol. The number of hydrogen-bond donors (Lipinski definition) is 3. The van der Waals surface area contributed by atoms with Crippen LogP contribution in [0, 0.1) is 27.4 Å². The average molecular weight is 234 g/mol. The summed E-state index contributed by atoms with van der Waals surface area (Å²) in [6.07, 6.45) is 0. The Morgan fingerprint density at radius 2 is 1.62 bits per heavy atom. The Kier molecular flexibility index (Phi) is 9.24. The molecule has 0 heterocycles. The van der Waals surface area contributed by atoms with Crippen LogP contribution in [0.25, 0.3) is 0 Å². The number of nitrogens with zero attached hydrogens (tertiary/aromatic N) is 2. The minimum atomic E-state index is -1.50. The molecule has 0 aliphatic heterocycles. The Labute approximate surface area is 95.9 Å². The minimum Gasteiger partial charge on any atom is -0.370 e. The predicted molar refractivity (Wildman–Crippen MR) is 61.9 cm³/mol. The summed E-state index contributed by atoms with van der Waals surface area (Å²) in [5.41, 5.74) is 5.44. The number of rotatable bonds is 4. The Hall–Kier alpha value is -1.53. The average Bonchev–Trinajstić information content (AvgIpc) is 1.99. The Morgan fingerprint density at radius 1 is 1.38 bits per heavy atom. The molecule has 0 saturated carbocycles. The van der Waals surface area contributed by atoms with E-state index in [1.165, 1.54) is 0 Å². The van der Waals surface area contributed by atoms with Crippen molar-refractivity contribution in [1.29, 1.82) is 5.41 Å². The van der Waals surface area contributed by atoms with Gasteiger partial charge in [0.2, 0.25) is 0 Å². The summed E-state index contributed by atoms with van der Waals surface area (Å²) < 4.78 is 0. The zero-order valence-corrected chi connectivity index (χ0v) is 10.3. The molecule has 16 heavy (non-hydrogen) atoms. The summed E-state index contributed by atoms with van der Waals surface area (Å²) in [4.78, 5) is 10.3. The first-order chi connectivity index (χ1) is 7.16. The second-order valence-corrected chi connectivity index (χ2v) is 4.32. The van der Waals surface area contributed by atoms with Gasteiger partial charge in [0, 0.05) is 13.1 Å². The molecule has 0 aromatic heterocycles. The van der Waals surface area contributed by atoms with E-state index < -0.39 is 5.09 Å². The highest BCUT2D eigenvalue weighted by Gasteiger charge is 2.09. The second-order valence-electron chi connectivity index (χ2n) is 4.32. The Morgan fingerprint density at radius 3 is 1.75 bits per heavy atom. The first kappa shape index (κ1) is 16.9. The van der Waals surface area contributed by atoms with E-state index in [0.29, 0.717) is 11.8 Å². The molecule has 7 nitrogen and oxygen atoms in total. The van der Waals surface area contributed by atoms with Crippen molar-refractivity contribution < 1.29 is 10.3 Å². The molecule has 0 radical (unpaired) electrons. The van der Waals surface area contributed by atoms with E-state index in [1.54, 1.807) is 0 Å². The van der Waals surface area contributed by atoms with Crippen LogP contribution in [0.15, 0.2) is 0 Å². The summed E-state index contributed by atoms with van der Waals surface area (Å²) in [6, 6.07) is 0. The molecule has 0 aromatic rings. The Bertz CT molecular complexity index is 205. The summed E-state index contributed by atoms with van der Waals surface area (Å²) in [6.45, 7) is 10.3. The van der Waals surface area contributed by atoms with E-state index >= 15 is 0 Å². The van der Waals surface area contributed by atoms with Crippen LogP contribution in [-0.4, -0.2) is 34.2 Å². The third-order valence-corrected chi connectivity index (χ3v) is 1.51. The molecule has 0 aliphatic rings. The van der Waals surface area contributed by atoms with E-state index in [9.17, 15) is 0 Å². The topological polar surface area (TPSA) is 116 Å². The van der Waals surface area contributed by atoms with Gasteiger partial charge in [0.25, 0.3) is 5.09 Å². The van der Waals surface area contributed by atoms with Crippen molar-refractivity contribution in [1.82, 2.24) is 4.90 Å². The molecule has 0 spiro atoms. The van der Waals surface area contributed by atoms with Crippen molar-refractivity contribution in [3.63, 3.8) is 0 Å². The van der Waals surface area contributed by atoms with Crippen LogP contribution in [0.1, 0.15) is 27.7 Å². The van der Waals surface area contributed by atoms with Crippen molar-refractivity contribution in [2.24, 2.45) is 17.6 Å². The van der Waals surface area contributed by atoms with Gasteiger partial charge < -0.3 is 15.8 Å². The first-order valence-electron chi connectivity index (χ1n) is 5.09. The monoisotopic (exact) mass is 234 g/mol. The molecule has 0 aromatic carbocycles. The molecule has 0 fully saturated rings. The van der Waals surface area contributed by atoms with Gasteiger partial charge in [-0.2, -0.15) is 0 Å². The molecule has 0 unspecified atom stereocenters. The van der Waals surface area contributed by atoms with Gasteiger partial charge in [-0.05, 0) is 11.8 Å². The minimum absolute atomic E-state index is 0.192. The smallest absolute Gasteiger partial charge is 0.291 e. The zero-order chi connectivity index (χ0) is 13.3. The van der Waals surface area contributed by atoms with E-state index in [0.717, 1.165) is 13.1 Å². The third-order valence-electron chi connectivity index (χ3n) is 1.51. The lowest BCUT2D eigenvalue weighted by molar-refractivity contribution is -0.742. The van der Waals surface area contributed by atoms with Crippen LogP contribution >= 0.6 is 0 Å². The van der Waals surface area contributed by atoms with Crippen LogP contribution in [0.5, 0.6) is 0 Å². The second kappa shape index (κ2) is 8.75. The highest BCUT2D eigenvalue weighted by Crippen LogP contribution is 2.02. The zero-order valence-electron chi connectivity index (χ0n) is 10.3. The summed E-state index contributed by atoms with van der Waals surface area (Å²) in [7, 11) is 0. The maximum absolute atomic E-state index is 8.36. The molecule has 96 valence electrons. The molecule has 0 atom stereocenters. The van der Waals surface area contributed by atoms with Crippen LogP contribution in [-0.2, 0) is 0 Å². The van der Waals surface area contributed by atoms with E-state index in [1.807, 2.05) is 4.90 Å². The maximum Gasteiger partial charge on any atom is 0.291 e. The third kappa shape index (κ3) is 15.0. The first-order valence-corrected chi connectivity index (χ1v) is 5.09. The molecule has 0 amide bonds. The normalized spacial score (nSPS) is 9.62. The molecule has 7 heteroatoms. The maximum atomic E-state index is 8.36. The van der Waals surface area contributed by atoms with E-state index in [4.69, 9.17) is 26.5 Å². The van der Waals surface area contributed by atoms with Crippen LogP contribution in [0.3, 0.4) is 0 Å². The lowest BCUT2D eigenvalue weighted by Gasteiger charge is -2.26. The number of nitrogens with two attached hydrogens (primary N) is 1. The summed E-state index contributed by atoms with van der Waals surface area (Å²) in [5.74, 6) is 1.32. The highest BCUT2D eigenvalue weighted by atomic mass is 16.9. The van der Waals surface area contributed by atoms with Crippen molar-refractivity contribution in [3.8, 4) is 0 Å². The fraction of sp³-hybridized carbons (Fsp3) is 0.889. The molecular formula is C9H22N4O3. The van der Waals surface area contributed by atoms with Gasteiger partial charge in [0.15, 0.2) is 5.96 Å². The van der Waals surface area contributed by atoms with Crippen molar-refractivity contribution >= 4 is 5.96 Å². The van der Waals surface area contributed by atoms with E-state index in [2.05, 4.69) is 27.7 Å². The number of nitrogens with one attached hydrogen (secondary N) is 1. The van der Waals surface area contributed by atoms with Crippen LogP contribution in [0.2, 0.25) is 0 Å². The fourth-order valence-corrected chi connectivity index (χ4v) is 1.15. The lowest BCUT2D eigenvalue weighted by atomic mass is 10.1. The van der Waals surface area contributed by atoms with Gasteiger partial charge in [-0.15, -0.1) is 10.1 Å². The quantitative estimate of drug-likeness (QED) is 0.292.